The molecule has 0 fully saturated rings. The summed E-state index contributed by atoms with van der Waals surface area (Å²) in [6.07, 6.45) is 8.01. The number of carboxylic acid groups (broad SMARTS) is 2. The monoisotopic (exact) mass is 339 g/mol. The molecule has 138 valence electrons. The standard InChI is InChI=1S/C19H33NO4/c1-5-20(6-2)14-8-11-15(3)9-7-10-16(4)12-13-17(18(21)22)19(23)24/h9,12,17H,5-8,10-11,13-14H2,1-4H3,(H,21,22)(H,23,24)/b15-9+,16-12+. The third-order valence-electron chi connectivity index (χ3n) is 4.27. The van der Waals surface area contributed by atoms with Crippen LogP contribution in [0.3, 0.4) is 0 Å². The van der Waals surface area contributed by atoms with E-state index in [0.29, 0.717) is 0 Å². The second-order valence-electron chi connectivity index (χ2n) is 6.23. The second-order valence-corrected chi connectivity index (χ2v) is 6.23. The Bertz CT molecular complexity index is 436. The van der Waals surface area contributed by atoms with Crippen LogP contribution in [0.2, 0.25) is 0 Å². The predicted octanol–water partition coefficient (Wildman–Crippen LogP) is 3.96. The molecule has 0 aliphatic rings. The normalized spacial score (nSPS) is 12.9. The molecule has 24 heavy (non-hydrogen) atoms. The van der Waals surface area contributed by atoms with Gasteiger partial charge in [-0.1, -0.05) is 37.1 Å². The largest absolute Gasteiger partial charge is 0.481 e. The van der Waals surface area contributed by atoms with Gasteiger partial charge in [0.25, 0.3) is 0 Å². The summed E-state index contributed by atoms with van der Waals surface area (Å²) >= 11 is 0. The molecule has 0 spiro atoms. The molecule has 0 bridgehead atoms. The summed E-state index contributed by atoms with van der Waals surface area (Å²) in [4.78, 5) is 24.1. The maximum Gasteiger partial charge on any atom is 0.318 e. The van der Waals surface area contributed by atoms with Crippen molar-refractivity contribution < 1.29 is 19.8 Å². The quantitative estimate of drug-likeness (QED) is 0.392. The van der Waals surface area contributed by atoms with Crippen molar-refractivity contribution in [3.8, 4) is 0 Å². The van der Waals surface area contributed by atoms with E-state index in [1.165, 1.54) is 5.57 Å². The smallest absolute Gasteiger partial charge is 0.318 e. The molecular weight excluding hydrogens is 306 g/mol. The number of allylic oxidation sites excluding steroid dienone is 4. The van der Waals surface area contributed by atoms with Crippen molar-refractivity contribution >= 4 is 11.9 Å². The molecule has 0 heterocycles. The van der Waals surface area contributed by atoms with E-state index in [0.717, 1.165) is 50.9 Å². The zero-order chi connectivity index (χ0) is 18.5. The first kappa shape index (κ1) is 22.4. The maximum atomic E-state index is 10.8. The van der Waals surface area contributed by atoms with Gasteiger partial charge in [0.15, 0.2) is 5.92 Å². The average molecular weight is 339 g/mol. The molecule has 5 nitrogen and oxygen atoms in total. The number of carboxylic acids is 2. The number of carbonyl (C=O) groups is 2. The lowest BCUT2D eigenvalue weighted by molar-refractivity contribution is -0.154. The van der Waals surface area contributed by atoms with Gasteiger partial charge in [-0.15, -0.1) is 0 Å². The zero-order valence-electron chi connectivity index (χ0n) is 15.5. The van der Waals surface area contributed by atoms with Gasteiger partial charge in [-0.05, 0) is 65.6 Å². The van der Waals surface area contributed by atoms with Gasteiger partial charge in [0.05, 0.1) is 0 Å². The van der Waals surface area contributed by atoms with Gasteiger partial charge < -0.3 is 15.1 Å². The Hall–Kier alpha value is -1.62. The molecule has 0 aromatic heterocycles. The van der Waals surface area contributed by atoms with E-state index in [4.69, 9.17) is 10.2 Å². The highest BCUT2D eigenvalue weighted by atomic mass is 16.4. The molecule has 5 heteroatoms. The van der Waals surface area contributed by atoms with Crippen LogP contribution in [-0.2, 0) is 9.59 Å². The summed E-state index contributed by atoms with van der Waals surface area (Å²) in [6, 6.07) is 0. The summed E-state index contributed by atoms with van der Waals surface area (Å²) in [5.41, 5.74) is 2.42. The molecule has 0 rings (SSSR count). The average Bonchev–Trinajstić information content (AvgIpc) is 2.51. The summed E-state index contributed by atoms with van der Waals surface area (Å²) in [6.45, 7) is 11.7. The van der Waals surface area contributed by atoms with E-state index in [1.807, 2.05) is 6.92 Å². The van der Waals surface area contributed by atoms with Gasteiger partial charge in [-0.2, -0.15) is 0 Å². The highest BCUT2D eigenvalue weighted by Crippen LogP contribution is 2.13. The van der Waals surface area contributed by atoms with Crippen LogP contribution in [0.4, 0.5) is 0 Å². The first-order valence-electron chi connectivity index (χ1n) is 8.80. The number of nitrogens with zero attached hydrogens (tertiary/aromatic N) is 1. The third-order valence-corrected chi connectivity index (χ3v) is 4.27. The van der Waals surface area contributed by atoms with Gasteiger partial charge >= 0.3 is 11.9 Å². The van der Waals surface area contributed by atoms with Gasteiger partial charge in [-0.3, -0.25) is 9.59 Å². The maximum absolute atomic E-state index is 10.8. The first-order chi connectivity index (χ1) is 11.3. The van der Waals surface area contributed by atoms with Crippen LogP contribution in [0.25, 0.3) is 0 Å². The summed E-state index contributed by atoms with van der Waals surface area (Å²) in [5, 5.41) is 17.7. The Labute approximate surface area is 146 Å². The Morgan fingerprint density at radius 2 is 1.50 bits per heavy atom. The molecule has 0 unspecified atom stereocenters. The Morgan fingerprint density at radius 3 is 2.00 bits per heavy atom. The van der Waals surface area contributed by atoms with Gasteiger partial charge in [0.2, 0.25) is 0 Å². The first-order valence-corrected chi connectivity index (χ1v) is 8.80. The molecule has 0 aliphatic heterocycles. The minimum absolute atomic E-state index is 0.0447. The molecular formula is C19H33NO4. The van der Waals surface area contributed by atoms with Crippen molar-refractivity contribution in [2.45, 2.75) is 59.8 Å². The molecule has 0 atom stereocenters. The highest BCUT2D eigenvalue weighted by Gasteiger charge is 2.24. The summed E-state index contributed by atoms with van der Waals surface area (Å²) in [7, 11) is 0. The van der Waals surface area contributed by atoms with Crippen LogP contribution >= 0.6 is 0 Å². The SMILES string of the molecule is CCN(CC)CCC/C(C)=C/CC/C(C)=C/CC(C(=O)O)C(=O)O. The highest BCUT2D eigenvalue weighted by molar-refractivity contribution is 5.93. The minimum atomic E-state index is -1.35. The summed E-state index contributed by atoms with van der Waals surface area (Å²) in [5.74, 6) is -3.91. The van der Waals surface area contributed by atoms with E-state index in [-0.39, 0.29) is 6.42 Å². The van der Waals surface area contributed by atoms with E-state index in [1.54, 1.807) is 6.08 Å². The predicted molar refractivity (Wildman–Crippen MR) is 97.1 cm³/mol. The zero-order valence-corrected chi connectivity index (χ0v) is 15.5. The lowest BCUT2D eigenvalue weighted by atomic mass is 10.0. The van der Waals surface area contributed by atoms with Crippen molar-refractivity contribution in [2.75, 3.05) is 19.6 Å². The molecule has 0 amide bonds. The van der Waals surface area contributed by atoms with Crippen molar-refractivity contribution in [2.24, 2.45) is 5.92 Å². The second kappa shape index (κ2) is 12.8. The number of hydrogen-bond acceptors (Lipinski definition) is 3. The van der Waals surface area contributed by atoms with E-state index < -0.39 is 17.9 Å². The molecule has 0 aromatic rings. The van der Waals surface area contributed by atoms with Crippen LogP contribution in [0.1, 0.15) is 59.8 Å². The van der Waals surface area contributed by atoms with Crippen molar-refractivity contribution in [3.05, 3.63) is 23.3 Å². The van der Waals surface area contributed by atoms with Crippen molar-refractivity contribution in [3.63, 3.8) is 0 Å². The van der Waals surface area contributed by atoms with Crippen LogP contribution in [0, 0.1) is 5.92 Å². The molecule has 0 saturated carbocycles. The fourth-order valence-electron chi connectivity index (χ4n) is 2.50. The van der Waals surface area contributed by atoms with Gasteiger partial charge in [-0.25, -0.2) is 0 Å². The lowest BCUT2D eigenvalue weighted by Gasteiger charge is -2.17. The fourth-order valence-corrected chi connectivity index (χ4v) is 2.50. The molecule has 0 aromatic carbocycles. The molecule has 2 N–H and O–H groups in total. The number of hydrogen-bond donors (Lipinski definition) is 2. The van der Waals surface area contributed by atoms with Crippen LogP contribution in [-0.4, -0.2) is 46.7 Å². The number of aliphatic carboxylic acids is 2. The van der Waals surface area contributed by atoms with E-state index >= 15 is 0 Å². The fraction of sp³-hybridized carbons (Fsp3) is 0.684. The lowest BCUT2D eigenvalue weighted by Crippen LogP contribution is -2.23. The van der Waals surface area contributed by atoms with Gasteiger partial charge in [0.1, 0.15) is 0 Å². The van der Waals surface area contributed by atoms with Crippen LogP contribution in [0.5, 0.6) is 0 Å². The van der Waals surface area contributed by atoms with Crippen molar-refractivity contribution in [1.82, 2.24) is 4.90 Å². The Morgan fingerprint density at radius 1 is 0.958 bits per heavy atom. The van der Waals surface area contributed by atoms with Crippen LogP contribution < -0.4 is 0 Å². The number of rotatable bonds is 13. The minimum Gasteiger partial charge on any atom is -0.481 e. The van der Waals surface area contributed by atoms with Crippen molar-refractivity contribution in [1.29, 1.82) is 0 Å². The molecule has 0 saturated heterocycles. The summed E-state index contributed by atoms with van der Waals surface area (Å²) < 4.78 is 0. The Kier molecular flexibility index (Phi) is 11.9. The van der Waals surface area contributed by atoms with E-state index in [9.17, 15) is 9.59 Å². The van der Waals surface area contributed by atoms with E-state index in [2.05, 4.69) is 31.7 Å². The molecule has 0 aliphatic carbocycles. The third kappa shape index (κ3) is 10.2. The topological polar surface area (TPSA) is 77.8 Å². The Balaban J connectivity index is 4.16. The molecule has 0 radical (unpaired) electrons. The van der Waals surface area contributed by atoms with Crippen LogP contribution in [0.15, 0.2) is 23.3 Å². The van der Waals surface area contributed by atoms with Gasteiger partial charge in [0, 0.05) is 0 Å².